The predicted molar refractivity (Wildman–Crippen MR) is 126 cm³/mol. The van der Waals surface area contributed by atoms with Crippen molar-refractivity contribution in [3.8, 4) is 0 Å². The molecule has 3 aromatic rings. The van der Waals surface area contributed by atoms with Crippen LogP contribution in [0.3, 0.4) is 0 Å². The summed E-state index contributed by atoms with van der Waals surface area (Å²) < 4.78 is 0. The summed E-state index contributed by atoms with van der Waals surface area (Å²) in [5, 5.41) is 6.49. The highest BCUT2D eigenvalue weighted by Crippen LogP contribution is 2.31. The lowest BCUT2D eigenvalue weighted by molar-refractivity contribution is -0.123. The van der Waals surface area contributed by atoms with Crippen molar-refractivity contribution in [3.63, 3.8) is 0 Å². The molecule has 0 saturated heterocycles. The summed E-state index contributed by atoms with van der Waals surface area (Å²) in [6.07, 6.45) is -0.119. The summed E-state index contributed by atoms with van der Waals surface area (Å²) in [5.74, 6) is -1.01. The van der Waals surface area contributed by atoms with Gasteiger partial charge in [-0.1, -0.05) is 53.2 Å². The van der Waals surface area contributed by atoms with Crippen LogP contribution in [0.4, 0.5) is 11.5 Å². The molecule has 1 atom stereocenters. The van der Waals surface area contributed by atoms with E-state index in [0.717, 1.165) is 16.7 Å². The van der Waals surface area contributed by atoms with E-state index in [1.165, 1.54) is 11.8 Å². The molecule has 1 aliphatic rings. The van der Waals surface area contributed by atoms with E-state index in [2.05, 4.69) is 20.6 Å². The van der Waals surface area contributed by atoms with Crippen molar-refractivity contribution in [1.82, 2.24) is 9.97 Å². The number of hydrogen-bond donors (Lipinski definition) is 3. The highest BCUT2D eigenvalue weighted by molar-refractivity contribution is 7.98. The molecule has 32 heavy (non-hydrogen) atoms. The lowest BCUT2D eigenvalue weighted by atomic mass is 9.92. The Morgan fingerprint density at radius 3 is 2.66 bits per heavy atom. The number of nitrogens with one attached hydrogen (secondary N) is 3. The Labute approximate surface area is 194 Å². The second kappa shape index (κ2) is 9.18. The first kappa shape index (κ1) is 22.1. The van der Waals surface area contributed by atoms with Crippen molar-refractivity contribution < 1.29 is 9.59 Å². The minimum Gasteiger partial charge on any atom is -0.325 e. The molecular formula is C23H21ClN4O3S. The van der Waals surface area contributed by atoms with Crippen LogP contribution in [0.25, 0.3) is 0 Å². The third-order valence-corrected chi connectivity index (χ3v) is 6.37. The van der Waals surface area contributed by atoms with E-state index >= 15 is 0 Å². The smallest absolute Gasteiger partial charge is 0.257 e. The summed E-state index contributed by atoms with van der Waals surface area (Å²) >= 11 is 7.23. The van der Waals surface area contributed by atoms with Crippen LogP contribution in [0.5, 0.6) is 0 Å². The van der Waals surface area contributed by atoms with Crippen LogP contribution < -0.4 is 16.2 Å². The molecule has 9 heteroatoms. The number of amides is 2. The largest absolute Gasteiger partial charge is 0.325 e. The summed E-state index contributed by atoms with van der Waals surface area (Å²) in [4.78, 5) is 45.3. The van der Waals surface area contributed by atoms with Crippen LogP contribution in [0.2, 0.25) is 5.02 Å². The fraction of sp³-hybridized carbons (Fsp3) is 0.217. The molecule has 0 aliphatic carbocycles. The third-order valence-electron chi connectivity index (χ3n) is 5.17. The summed E-state index contributed by atoms with van der Waals surface area (Å²) in [6, 6.07) is 13.0. The Kier molecular flexibility index (Phi) is 6.34. The van der Waals surface area contributed by atoms with E-state index in [4.69, 9.17) is 11.6 Å². The van der Waals surface area contributed by atoms with Gasteiger partial charge in [0.15, 0.2) is 5.16 Å². The van der Waals surface area contributed by atoms with Crippen LogP contribution in [-0.4, -0.2) is 21.8 Å². The van der Waals surface area contributed by atoms with E-state index in [1.54, 1.807) is 12.1 Å². The van der Waals surface area contributed by atoms with Crippen molar-refractivity contribution in [2.24, 2.45) is 0 Å². The number of aryl methyl sites for hydroxylation is 2. The molecule has 0 fully saturated rings. The molecule has 164 valence electrons. The van der Waals surface area contributed by atoms with E-state index in [0.29, 0.717) is 21.6 Å². The summed E-state index contributed by atoms with van der Waals surface area (Å²) in [6.45, 7) is 3.86. The van der Waals surface area contributed by atoms with Crippen molar-refractivity contribution in [2.75, 3.05) is 10.6 Å². The molecule has 2 aromatic carbocycles. The van der Waals surface area contributed by atoms with E-state index in [1.807, 2.05) is 44.2 Å². The maximum Gasteiger partial charge on any atom is 0.257 e. The number of hydrogen-bond acceptors (Lipinski definition) is 5. The van der Waals surface area contributed by atoms with Gasteiger partial charge in [-0.2, -0.15) is 0 Å². The molecule has 0 saturated carbocycles. The number of nitrogens with zero attached hydrogens (tertiary/aromatic N) is 1. The molecule has 0 spiro atoms. The fourth-order valence-electron chi connectivity index (χ4n) is 3.55. The number of carbonyl (C=O) groups is 2. The molecule has 2 heterocycles. The fourth-order valence-corrected chi connectivity index (χ4v) is 4.49. The molecule has 4 rings (SSSR count). The minimum atomic E-state index is -0.925. The number of benzene rings is 2. The number of halogens is 1. The van der Waals surface area contributed by atoms with Gasteiger partial charge in [0.05, 0.1) is 11.5 Å². The van der Waals surface area contributed by atoms with Crippen LogP contribution >= 0.6 is 23.4 Å². The molecule has 1 aliphatic heterocycles. The van der Waals surface area contributed by atoms with Crippen LogP contribution in [0.15, 0.2) is 52.4 Å². The Morgan fingerprint density at radius 2 is 1.94 bits per heavy atom. The molecule has 2 amide bonds. The van der Waals surface area contributed by atoms with Crippen LogP contribution in [-0.2, 0) is 15.3 Å². The normalized spacial score (nSPS) is 15.1. The average molecular weight is 469 g/mol. The van der Waals surface area contributed by atoms with Gasteiger partial charge in [0.1, 0.15) is 5.82 Å². The number of rotatable bonds is 5. The first-order chi connectivity index (χ1) is 15.3. The van der Waals surface area contributed by atoms with E-state index in [9.17, 15) is 14.4 Å². The molecule has 3 N–H and O–H groups in total. The van der Waals surface area contributed by atoms with Crippen molar-refractivity contribution in [1.29, 1.82) is 0 Å². The third kappa shape index (κ3) is 4.87. The summed E-state index contributed by atoms with van der Waals surface area (Å²) in [5.41, 5.74) is 3.37. The zero-order valence-electron chi connectivity index (χ0n) is 17.5. The first-order valence-corrected chi connectivity index (χ1v) is 11.4. The first-order valence-electron chi connectivity index (χ1n) is 9.99. The van der Waals surface area contributed by atoms with Gasteiger partial charge in [-0.3, -0.25) is 14.4 Å². The SMILES string of the molecule is Cc1ccc(NC(=O)[C@H]2CC(=O)Nc3nc(SCc4ccc(Cl)cc4)[nH]c(=O)c32)c(C)c1. The highest BCUT2D eigenvalue weighted by atomic mass is 35.5. The lowest BCUT2D eigenvalue weighted by Crippen LogP contribution is -2.36. The Bertz CT molecular complexity index is 1260. The molecular weight excluding hydrogens is 448 g/mol. The molecule has 0 bridgehead atoms. The van der Waals surface area contributed by atoms with Gasteiger partial charge < -0.3 is 15.6 Å². The molecule has 7 nitrogen and oxygen atoms in total. The quantitative estimate of drug-likeness (QED) is 0.380. The number of thioether (sulfide) groups is 1. The number of carbonyl (C=O) groups excluding carboxylic acids is 2. The van der Waals surface area contributed by atoms with Gasteiger partial charge in [0.2, 0.25) is 11.8 Å². The maximum absolute atomic E-state index is 13.0. The number of aromatic amines is 1. The van der Waals surface area contributed by atoms with Crippen molar-refractivity contribution in [2.45, 2.75) is 37.1 Å². The average Bonchev–Trinajstić information content (AvgIpc) is 2.74. The van der Waals surface area contributed by atoms with Gasteiger partial charge >= 0.3 is 0 Å². The maximum atomic E-state index is 13.0. The van der Waals surface area contributed by atoms with Gasteiger partial charge in [-0.15, -0.1) is 0 Å². The second-order valence-electron chi connectivity index (χ2n) is 7.66. The minimum absolute atomic E-state index is 0.119. The van der Waals surface area contributed by atoms with Crippen molar-refractivity contribution >= 4 is 46.7 Å². The monoisotopic (exact) mass is 468 g/mol. The molecule has 1 aromatic heterocycles. The van der Waals surface area contributed by atoms with Gasteiger partial charge in [-0.05, 0) is 43.2 Å². The van der Waals surface area contributed by atoms with E-state index in [-0.39, 0.29) is 23.7 Å². The van der Waals surface area contributed by atoms with Gasteiger partial charge in [0, 0.05) is 22.9 Å². The van der Waals surface area contributed by atoms with E-state index < -0.39 is 17.4 Å². The standard InChI is InChI=1S/C23H21ClN4O3S/c1-12-3-8-17(13(2)9-12)25-21(30)16-10-18(29)26-20-19(16)22(31)28-23(27-20)32-11-14-4-6-15(24)7-5-14/h3-9,16H,10-11H2,1-2H3,(H,25,30)(H2,26,27,28,29,31)/t16-/m0/s1. The predicted octanol–water partition coefficient (Wildman–Crippen LogP) is 4.40. The van der Waals surface area contributed by atoms with Crippen LogP contribution in [0.1, 0.15) is 34.6 Å². The zero-order valence-corrected chi connectivity index (χ0v) is 19.1. The lowest BCUT2D eigenvalue weighted by Gasteiger charge is -2.24. The highest BCUT2D eigenvalue weighted by Gasteiger charge is 2.35. The zero-order chi connectivity index (χ0) is 22.8. The Balaban J connectivity index is 1.57. The van der Waals surface area contributed by atoms with Gasteiger partial charge in [0.25, 0.3) is 5.56 Å². The Hall–Kier alpha value is -3.10. The Morgan fingerprint density at radius 1 is 1.19 bits per heavy atom. The number of aromatic nitrogens is 2. The molecule has 0 radical (unpaired) electrons. The topological polar surface area (TPSA) is 104 Å². The number of H-pyrrole nitrogens is 1. The number of fused-ring (bicyclic) bond motifs is 1. The number of anilines is 2. The van der Waals surface area contributed by atoms with Gasteiger partial charge in [-0.25, -0.2) is 4.98 Å². The molecule has 0 unspecified atom stereocenters. The second-order valence-corrected chi connectivity index (χ2v) is 9.06. The van der Waals surface area contributed by atoms with Crippen LogP contribution in [0, 0.1) is 13.8 Å². The summed E-state index contributed by atoms with van der Waals surface area (Å²) in [7, 11) is 0. The van der Waals surface area contributed by atoms with Crippen molar-refractivity contribution in [3.05, 3.63) is 80.1 Å².